The summed E-state index contributed by atoms with van der Waals surface area (Å²) in [5.41, 5.74) is -0.109. The fourth-order valence-electron chi connectivity index (χ4n) is 2.30. The predicted octanol–water partition coefficient (Wildman–Crippen LogP) is 3.99. The number of rotatable bonds is 7. The average Bonchev–Trinajstić information content (AvgIpc) is 2.69. The Balaban J connectivity index is 2.02. The number of nitrogens with one attached hydrogen (secondary N) is 1. The molecular weight excluding hydrogens is 390 g/mol. The van der Waals surface area contributed by atoms with Crippen LogP contribution in [0.25, 0.3) is 0 Å². The van der Waals surface area contributed by atoms with Crippen molar-refractivity contribution < 1.29 is 19.1 Å². The van der Waals surface area contributed by atoms with E-state index in [2.05, 4.69) is 20.3 Å². The molecule has 0 unspecified atom stereocenters. The van der Waals surface area contributed by atoms with Crippen LogP contribution in [0.15, 0.2) is 43.0 Å². The molecule has 144 valence electrons. The molecule has 0 aliphatic heterocycles. The predicted molar refractivity (Wildman–Crippen MR) is 101 cm³/mol. The number of anilines is 2. The second-order valence-electron chi connectivity index (χ2n) is 5.24. The normalized spacial score (nSPS) is 10.2. The van der Waals surface area contributed by atoms with Gasteiger partial charge in [0, 0.05) is 12.3 Å². The monoisotopic (exact) mass is 403 g/mol. The van der Waals surface area contributed by atoms with Crippen molar-refractivity contribution in [2.24, 2.45) is 0 Å². The summed E-state index contributed by atoms with van der Waals surface area (Å²) >= 11 is 6.15. The van der Waals surface area contributed by atoms with Crippen LogP contribution in [0.3, 0.4) is 0 Å². The number of nitro groups is 1. The number of benzene rings is 1. The Morgan fingerprint density at radius 2 is 1.96 bits per heavy atom. The largest absolute Gasteiger partial charge is 0.495 e. The number of pyridine rings is 1. The van der Waals surface area contributed by atoms with Gasteiger partial charge in [0.2, 0.25) is 5.82 Å². The van der Waals surface area contributed by atoms with E-state index in [0.29, 0.717) is 22.9 Å². The lowest BCUT2D eigenvalue weighted by Crippen LogP contribution is -2.04. The molecule has 3 rings (SSSR count). The molecule has 0 saturated heterocycles. The van der Waals surface area contributed by atoms with Gasteiger partial charge in [0.05, 0.1) is 36.0 Å². The second-order valence-corrected chi connectivity index (χ2v) is 5.64. The number of hydrogen-bond acceptors (Lipinski definition) is 9. The molecule has 0 amide bonds. The van der Waals surface area contributed by atoms with Gasteiger partial charge in [-0.3, -0.25) is 15.1 Å². The van der Waals surface area contributed by atoms with Crippen molar-refractivity contribution in [3.63, 3.8) is 0 Å². The van der Waals surface area contributed by atoms with Crippen LogP contribution < -0.4 is 19.5 Å². The van der Waals surface area contributed by atoms with Gasteiger partial charge in [-0.1, -0.05) is 11.6 Å². The number of ether oxygens (including phenoxy) is 3. The van der Waals surface area contributed by atoms with Crippen molar-refractivity contribution in [3.8, 4) is 23.1 Å². The van der Waals surface area contributed by atoms with Crippen LogP contribution in [0.2, 0.25) is 5.02 Å². The van der Waals surface area contributed by atoms with E-state index in [9.17, 15) is 10.1 Å². The third kappa shape index (κ3) is 4.01. The molecule has 0 radical (unpaired) electrons. The summed E-state index contributed by atoms with van der Waals surface area (Å²) in [4.78, 5) is 22.7. The van der Waals surface area contributed by atoms with Crippen molar-refractivity contribution in [2.45, 2.75) is 0 Å². The fourth-order valence-corrected chi connectivity index (χ4v) is 2.54. The van der Waals surface area contributed by atoms with Gasteiger partial charge < -0.3 is 19.5 Å². The standard InChI is InChI=1S/C17H14ClN5O5/c1-26-13-7-14(27-2)12(6-11(13)18)22-16-15(23(24)25)17(21-9-20-16)28-10-4-3-5-19-8-10/h3-9H,1-2H3,(H,20,21,22). The zero-order chi connectivity index (χ0) is 20.1. The Morgan fingerprint density at radius 3 is 2.61 bits per heavy atom. The van der Waals surface area contributed by atoms with E-state index >= 15 is 0 Å². The van der Waals surface area contributed by atoms with E-state index in [-0.39, 0.29) is 16.7 Å². The maximum absolute atomic E-state index is 11.7. The lowest BCUT2D eigenvalue weighted by Gasteiger charge is -2.14. The minimum atomic E-state index is -0.647. The molecule has 0 fully saturated rings. The first-order valence-electron chi connectivity index (χ1n) is 7.79. The van der Waals surface area contributed by atoms with Crippen molar-refractivity contribution in [2.75, 3.05) is 19.5 Å². The number of methoxy groups -OCH3 is 2. The quantitative estimate of drug-likeness (QED) is 0.460. The van der Waals surface area contributed by atoms with Crippen LogP contribution in [-0.2, 0) is 0 Å². The van der Waals surface area contributed by atoms with Crippen LogP contribution in [0.1, 0.15) is 0 Å². The summed E-state index contributed by atoms with van der Waals surface area (Å²) in [5.74, 6) is 0.693. The van der Waals surface area contributed by atoms with Crippen LogP contribution in [0.4, 0.5) is 17.2 Å². The highest BCUT2D eigenvalue weighted by atomic mass is 35.5. The van der Waals surface area contributed by atoms with E-state index < -0.39 is 10.6 Å². The van der Waals surface area contributed by atoms with Gasteiger partial charge >= 0.3 is 11.6 Å². The molecule has 0 aliphatic carbocycles. The molecule has 0 spiro atoms. The molecule has 11 heteroatoms. The molecule has 0 atom stereocenters. The van der Waals surface area contributed by atoms with Gasteiger partial charge in [-0.25, -0.2) is 4.98 Å². The highest BCUT2D eigenvalue weighted by Gasteiger charge is 2.26. The Bertz CT molecular complexity index is 1000. The zero-order valence-electron chi connectivity index (χ0n) is 14.7. The van der Waals surface area contributed by atoms with Gasteiger partial charge in [0.1, 0.15) is 23.6 Å². The Morgan fingerprint density at radius 1 is 1.18 bits per heavy atom. The van der Waals surface area contributed by atoms with E-state index in [1.54, 1.807) is 24.4 Å². The summed E-state index contributed by atoms with van der Waals surface area (Å²) in [5, 5.41) is 14.8. The second kappa shape index (κ2) is 8.35. The summed E-state index contributed by atoms with van der Waals surface area (Å²) < 4.78 is 15.9. The molecule has 0 saturated carbocycles. The van der Waals surface area contributed by atoms with Gasteiger partial charge in [-0.15, -0.1) is 0 Å². The maximum atomic E-state index is 11.7. The molecule has 28 heavy (non-hydrogen) atoms. The van der Waals surface area contributed by atoms with Gasteiger partial charge in [-0.2, -0.15) is 4.98 Å². The first-order chi connectivity index (χ1) is 13.5. The zero-order valence-corrected chi connectivity index (χ0v) is 15.5. The molecule has 1 N–H and O–H groups in total. The van der Waals surface area contributed by atoms with Crippen molar-refractivity contribution in [3.05, 3.63) is 58.1 Å². The molecule has 0 bridgehead atoms. The van der Waals surface area contributed by atoms with E-state index in [1.807, 2.05) is 0 Å². The van der Waals surface area contributed by atoms with Crippen LogP contribution in [-0.4, -0.2) is 34.1 Å². The highest BCUT2D eigenvalue weighted by Crippen LogP contribution is 2.40. The molecule has 10 nitrogen and oxygen atoms in total. The first kappa shape index (κ1) is 19.1. The van der Waals surface area contributed by atoms with Crippen LogP contribution >= 0.6 is 11.6 Å². The summed E-state index contributed by atoms with van der Waals surface area (Å²) in [6.07, 6.45) is 4.10. The number of halogens is 1. The lowest BCUT2D eigenvalue weighted by atomic mass is 10.2. The minimum absolute atomic E-state index is 0.0987. The SMILES string of the molecule is COc1cc(OC)c(Nc2ncnc(Oc3cccnc3)c2[N+](=O)[O-])cc1Cl. The van der Waals surface area contributed by atoms with Crippen molar-refractivity contribution >= 4 is 28.8 Å². The highest BCUT2D eigenvalue weighted by molar-refractivity contribution is 6.32. The van der Waals surface area contributed by atoms with Crippen LogP contribution in [0, 0.1) is 10.1 Å². The maximum Gasteiger partial charge on any atom is 0.373 e. The topological polar surface area (TPSA) is 122 Å². The van der Waals surface area contributed by atoms with E-state index in [0.717, 1.165) is 6.33 Å². The summed E-state index contributed by atoms with van der Waals surface area (Å²) in [6, 6.07) is 6.28. The Kier molecular flexibility index (Phi) is 5.70. The van der Waals surface area contributed by atoms with E-state index in [1.165, 1.54) is 26.5 Å². The summed E-state index contributed by atoms with van der Waals surface area (Å²) in [6.45, 7) is 0. The third-order valence-electron chi connectivity index (χ3n) is 3.55. The molecule has 1 aromatic carbocycles. The van der Waals surface area contributed by atoms with Gasteiger partial charge in [0.25, 0.3) is 0 Å². The molecule has 0 aliphatic rings. The number of nitrogens with zero attached hydrogens (tertiary/aromatic N) is 4. The lowest BCUT2D eigenvalue weighted by molar-refractivity contribution is -0.385. The first-order valence-corrected chi connectivity index (χ1v) is 8.17. The Labute approximate surface area is 164 Å². The molecule has 3 aromatic rings. The smallest absolute Gasteiger partial charge is 0.373 e. The number of hydrogen-bond donors (Lipinski definition) is 1. The van der Waals surface area contributed by atoms with Gasteiger partial charge in [-0.05, 0) is 18.2 Å². The third-order valence-corrected chi connectivity index (χ3v) is 3.84. The molecule has 2 aromatic heterocycles. The Hall–Kier alpha value is -3.66. The van der Waals surface area contributed by atoms with Crippen LogP contribution in [0.5, 0.6) is 23.1 Å². The van der Waals surface area contributed by atoms with E-state index in [4.69, 9.17) is 25.8 Å². The van der Waals surface area contributed by atoms with Gasteiger partial charge in [0.15, 0.2) is 0 Å². The van der Waals surface area contributed by atoms with Crippen molar-refractivity contribution in [1.29, 1.82) is 0 Å². The molecule has 2 heterocycles. The average molecular weight is 404 g/mol. The minimum Gasteiger partial charge on any atom is -0.495 e. The summed E-state index contributed by atoms with van der Waals surface area (Å²) in [7, 11) is 2.91. The van der Waals surface area contributed by atoms with Crippen molar-refractivity contribution in [1.82, 2.24) is 15.0 Å². The molecular formula is C17H14ClN5O5. The number of aromatic nitrogens is 3. The fraction of sp³-hybridized carbons (Fsp3) is 0.118.